The second-order valence-corrected chi connectivity index (χ2v) is 6.04. The summed E-state index contributed by atoms with van der Waals surface area (Å²) in [6.45, 7) is 5.04. The van der Waals surface area contributed by atoms with Crippen molar-refractivity contribution in [2.24, 2.45) is 0 Å². The van der Waals surface area contributed by atoms with Crippen LogP contribution in [0.1, 0.15) is 75.6 Å². The molecular weight excluding hydrogens is 322 g/mol. The van der Waals surface area contributed by atoms with Crippen molar-refractivity contribution < 1.29 is 19.2 Å². The summed E-state index contributed by atoms with van der Waals surface area (Å²) >= 11 is 0. The smallest absolute Gasteiger partial charge is 0.342 e. The van der Waals surface area contributed by atoms with Gasteiger partial charge in [0.05, 0.1) is 18.1 Å². The first-order valence-corrected chi connectivity index (χ1v) is 9.18. The fourth-order valence-corrected chi connectivity index (χ4v) is 2.40. The summed E-state index contributed by atoms with van der Waals surface area (Å²) in [4.78, 5) is 22.7. The Kier molecular flexibility index (Phi) is 10.3. The van der Waals surface area contributed by atoms with Crippen molar-refractivity contribution in [3.63, 3.8) is 0 Å². The summed E-state index contributed by atoms with van der Waals surface area (Å²) in [5, 5.41) is 11.0. The number of ether oxygens (including phenoxy) is 2. The van der Waals surface area contributed by atoms with E-state index in [4.69, 9.17) is 9.47 Å². The van der Waals surface area contributed by atoms with Crippen LogP contribution in [0.4, 0.5) is 5.69 Å². The van der Waals surface area contributed by atoms with Gasteiger partial charge in [-0.05, 0) is 18.9 Å². The Bertz CT molecular complexity index is 545. The molecule has 1 rings (SSSR count). The fraction of sp³-hybridized carbons (Fsp3) is 0.632. The number of hydrogen-bond donors (Lipinski definition) is 0. The SMILES string of the molecule is CCCCCCOC(=O)c1cc([N+](=O)[O-])ccc1OCCCCCC. The van der Waals surface area contributed by atoms with Crippen molar-refractivity contribution in [3.8, 4) is 5.75 Å². The maximum Gasteiger partial charge on any atom is 0.342 e. The van der Waals surface area contributed by atoms with Crippen molar-refractivity contribution >= 4 is 11.7 Å². The minimum atomic E-state index is -0.566. The van der Waals surface area contributed by atoms with Gasteiger partial charge in [-0.25, -0.2) is 4.79 Å². The Morgan fingerprint density at radius 3 is 2.24 bits per heavy atom. The Morgan fingerprint density at radius 2 is 1.64 bits per heavy atom. The molecule has 6 heteroatoms. The normalized spacial score (nSPS) is 10.5. The van der Waals surface area contributed by atoms with Crippen LogP contribution in [-0.2, 0) is 4.74 Å². The molecule has 0 N–H and O–H groups in total. The third-order valence-corrected chi connectivity index (χ3v) is 3.88. The highest BCUT2D eigenvalue weighted by Crippen LogP contribution is 2.25. The zero-order valence-corrected chi connectivity index (χ0v) is 15.3. The predicted octanol–water partition coefficient (Wildman–Crippen LogP) is 5.29. The van der Waals surface area contributed by atoms with Crippen molar-refractivity contribution in [1.82, 2.24) is 0 Å². The van der Waals surface area contributed by atoms with E-state index >= 15 is 0 Å². The van der Waals surface area contributed by atoms with Gasteiger partial charge < -0.3 is 9.47 Å². The molecule has 0 amide bonds. The van der Waals surface area contributed by atoms with Crippen molar-refractivity contribution in [1.29, 1.82) is 0 Å². The van der Waals surface area contributed by atoms with Gasteiger partial charge in [-0.2, -0.15) is 0 Å². The standard InChI is InChI=1S/C19H29NO5/c1-3-5-7-9-13-24-18-12-11-16(20(22)23)15-17(18)19(21)25-14-10-8-6-4-2/h11-12,15H,3-10,13-14H2,1-2H3. The second kappa shape index (κ2) is 12.3. The Labute approximate surface area is 149 Å². The van der Waals surface area contributed by atoms with E-state index < -0.39 is 10.9 Å². The number of rotatable bonds is 13. The number of unbranched alkanes of at least 4 members (excludes halogenated alkanes) is 6. The van der Waals surface area contributed by atoms with E-state index in [0.29, 0.717) is 19.0 Å². The first-order chi connectivity index (χ1) is 12.1. The van der Waals surface area contributed by atoms with Crippen molar-refractivity contribution in [3.05, 3.63) is 33.9 Å². The van der Waals surface area contributed by atoms with Gasteiger partial charge in [0.25, 0.3) is 5.69 Å². The zero-order valence-electron chi connectivity index (χ0n) is 15.3. The van der Waals surface area contributed by atoms with E-state index in [1.54, 1.807) is 0 Å². The van der Waals surface area contributed by atoms with Crippen LogP contribution < -0.4 is 4.74 Å². The molecule has 140 valence electrons. The highest BCUT2D eigenvalue weighted by atomic mass is 16.6. The van der Waals surface area contributed by atoms with E-state index in [0.717, 1.165) is 51.4 Å². The number of benzene rings is 1. The summed E-state index contributed by atoms with van der Waals surface area (Å²) in [7, 11) is 0. The number of hydrogen-bond acceptors (Lipinski definition) is 5. The minimum Gasteiger partial charge on any atom is -0.493 e. The highest BCUT2D eigenvalue weighted by Gasteiger charge is 2.19. The third kappa shape index (κ3) is 8.01. The van der Waals surface area contributed by atoms with Gasteiger partial charge in [0.2, 0.25) is 0 Å². The summed E-state index contributed by atoms with van der Waals surface area (Å²) < 4.78 is 10.9. The molecule has 0 saturated heterocycles. The molecule has 0 aliphatic rings. The minimum absolute atomic E-state index is 0.125. The lowest BCUT2D eigenvalue weighted by Crippen LogP contribution is -2.10. The molecule has 0 saturated carbocycles. The van der Waals surface area contributed by atoms with Crippen LogP contribution in [0.25, 0.3) is 0 Å². The molecule has 0 fully saturated rings. The van der Waals surface area contributed by atoms with Gasteiger partial charge in [0, 0.05) is 12.1 Å². The molecule has 0 unspecified atom stereocenters. The fourth-order valence-electron chi connectivity index (χ4n) is 2.40. The quantitative estimate of drug-likeness (QED) is 0.209. The van der Waals surface area contributed by atoms with Crippen LogP contribution in [0.5, 0.6) is 5.75 Å². The molecule has 1 aromatic carbocycles. The molecular formula is C19H29NO5. The summed E-state index contributed by atoms with van der Waals surface area (Å²) in [5.74, 6) is -0.218. The first kappa shape index (κ1) is 20.9. The second-order valence-electron chi connectivity index (χ2n) is 6.04. The number of nitro benzene ring substituents is 1. The number of carbonyl (C=O) groups is 1. The average Bonchev–Trinajstić information content (AvgIpc) is 2.61. The lowest BCUT2D eigenvalue weighted by atomic mass is 10.1. The maximum absolute atomic E-state index is 12.3. The zero-order chi connectivity index (χ0) is 18.5. The maximum atomic E-state index is 12.3. The van der Waals surface area contributed by atoms with Crippen molar-refractivity contribution in [2.75, 3.05) is 13.2 Å². The molecule has 0 aliphatic carbocycles. The molecule has 1 aromatic rings. The largest absolute Gasteiger partial charge is 0.493 e. The number of carbonyl (C=O) groups excluding carboxylic acids is 1. The van der Waals surface area contributed by atoms with Crippen LogP contribution in [0.2, 0.25) is 0 Å². The molecule has 0 aromatic heterocycles. The molecule has 0 radical (unpaired) electrons. The van der Waals surface area contributed by atoms with Gasteiger partial charge in [0.15, 0.2) is 0 Å². The van der Waals surface area contributed by atoms with Gasteiger partial charge in [0.1, 0.15) is 11.3 Å². The third-order valence-electron chi connectivity index (χ3n) is 3.88. The average molecular weight is 351 g/mol. The van der Waals surface area contributed by atoms with E-state index in [1.807, 2.05) is 0 Å². The summed E-state index contributed by atoms with van der Waals surface area (Å²) in [5.41, 5.74) is -0.0172. The highest BCUT2D eigenvalue weighted by molar-refractivity contribution is 5.93. The molecule has 25 heavy (non-hydrogen) atoms. The van der Waals surface area contributed by atoms with Gasteiger partial charge in [-0.1, -0.05) is 52.4 Å². The van der Waals surface area contributed by atoms with Gasteiger partial charge in [-0.3, -0.25) is 10.1 Å². The van der Waals surface area contributed by atoms with Crippen LogP contribution in [-0.4, -0.2) is 24.1 Å². The predicted molar refractivity (Wildman–Crippen MR) is 97.2 cm³/mol. The molecule has 0 aliphatic heterocycles. The summed E-state index contributed by atoms with van der Waals surface area (Å²) in [6.07, 6.45) is 8.21. The Morgan fingerprint density at radius 1 is 1.00 bits per heavy atom. The van der Waals surface area contributed by atoms with Crippen LogP contribution in [0.3, 0.4) is 0 Å². The van der Waals surface area contributed by atoms with E-state index in [-0.39, 0.29) is 11.3 Å². The lowest BCUT2D eigenvalue weighted by Gasteiger charge is -2.11. The first-order valence-electron chi connectivity index (χ1n) is 9.18. The number of non-ortho nitro benzene ring substituents is 1. The molecule has 0 bridgehead atoms. The molecule has 6 nitrogen and oxygen atoms in total. The number of nitrogens with zero attached hydrogens (tertiary/aromatic N) is 1. The van der Waals surface area contributed by atoms with E-state index in [2.05, 4.69) is 13.8 Å². The number of esters is 1. The monoisotopic (exact) mass is 351 g/mol. The molecule has 0 heterocycles. The molecule has 0 spiro atoms. The van der Waals surface area contributed by atoms with Crippen LogP contribution in [0, 0.1) is 10.1 Å². The van der Waals surface area contributed by atoms with Gasteiger partial charge >= 0.3 is 5.97 Å². The van der Waals surface area contributed by atoms with Gasteiger partial charge in [-0.15, -0.1) is 0 Å². The van der Waals surface area contributed by atoms with E-state index in [1.165, 1.54) is 18.2 Å². The summed E-state index contributed by atoms with van der Waals surface area (Å²) in [6, 6.07) is 4.06. The van der Waals surface area contributed by atoms with E-state index in [9.17, 15) is 14.9 Å². The topological polar surface area (TPSA) is 78.7 Å². The number of nitro groups is 1. The lowest BCUT2D eigenvalue weighted by molar-refractivity contribution is -0.384. The molecule has 0 atom stereocenters. The van der Waals surface area contributed by atoms with Crippen molar-refractivity contribution in [2.45, 2.75) is 65.2 Å². The Balaban J connectivity index is 2.69. The van der Waals surface area contributed by atoms with Crippen LogP contribution in [0.15, 0.2) is 18.2 Å². The Hall–Kier alpha value is -2.11. The van der Waals surface area contributed by atoms with Crippen LogP contribution >= 0.6 is 0 Å².